The van der Waals surface area contributed by atoms with E-state index >= 15 is 0 Å². The lowest BCUT2D eigenvalue weighted by Crippen LogP contribution is -2.38. The van der Waals surface area contributed by atoms with Gasteiger partial charge in [-0.3, -0.25) is 0 Å². The highest BCUT2D eigenvalue weighted by Crippen LogP contribution is 2.39. The highest BCUT2D eigenvalue weighted by Gasteiger charge is 2.28. The molecule has 1 heterocycles. The van der Waals surface area contributed by atoms with Crippen LogP contribution in [-0.2, 0) is 4.74 Å². The molecule has 1 aliphatic carbocycles. The molecule has 0 radical (unpaired) electrons. The molecule has 1 saturated heterocycles. The highest BCUT2D eigenvalue weighted by molar-refractivity contribution is 5.29. The van der Waals surface area contributed by atoms with Crippen LogP contribution in [0.15, 0.2) is 23.4 Å². The summed E-state index contributed by atoms with van der Waals surface area (Å²) in [5, 5.41) is 0. The molecule has 0 unspecified atom stereocenters. The maximum Gasteiger partial charge on any atom is 0.0642 e. The smallest absolute Gasteiger partial charge is 0.0642 e. The predicted octanol–water partition coefficient (Wildman–Crippen LogP) is 2.97. The molecule has 1 aliphatic heterocycles. The van der Waals surface area contributed by atoms with Crippen molar-refractivity contribution in [3.8, 4) is 0 Å². The fourth-order valence-corrected chi connectivity index (χ4v) is 2.66. The number of hydrogen-bond acceptors (Lipinski definition) is 2. The zero-order valence-electron chi connectivity index (χ0n) is 10.8. The van der Waals surface area contributed by atoms with Gasteiger partial charge in [-0.05, 0) is 31.3 Å². The van der Waals surface area contributed by atoms with Gasteiger partial charge >= 0.3 is 0 Å². The fraction of sp³-hybridized carbons (Fsp3) is 0.714. The summed E-state index contributed by atoms with van der Waals surface area (Å²) in [5.41, 5.74) is 3.40. The molecule has 2 heteroatoms. The maximum atomic E-state index is 5.41. The summed E-state index contributed by atoms with van der Waals surface area (Å²) in [7, 11) is 0. The van der Waals surface area contributed by atoms with E-state index in [1.165, 1.54) is 24.1 Å². The van der Waals surface area contributed by atoms with Crippen molar-refractivity contribution < 1.29 is 4.74 Å². The third-order valence-electron chi connectivity index (χ3n) is 3.48. The second-order valence-corrected chi connectivity index (χ2v) is 5.62. The third kappa shape index (κ3) is 2.67. The average Bonchev–Trinajstić information content (AvgIpc) is 2.28. The predicted molar refractivity (Wildman–Crippen MR) is 67.2 cm³/mol. The SMILES string of the molecule is C/C=C1\C=C(N2CCOCC2)CC(C)(C)C1. The Morgan fingerprint density at radius 3 is 2.56 bits per heavy atom. The summed E-state index contributed by atoms with van der Waals surface area (Å²) in [6, 6.07) is 0. The molecule has 0 spiro atoms. The first-order chi connectivity index (χ1) is 7.61. The molecule has 2 rings (SSSR count). The molecule has 16 heavy (non-hydrogen) atoms. The molecule has 2 nitrogen and oxygen atoms in total. The summed E-state index contributed by atoms with van der Waals surface area (Å²) < 4.78 is 5.41. The van der Waals surface area contributed by atoms with Gasteiger partial charge in [0, 0.05) is 18.8 Å². The quantitative estimate of drug-likeness (QED) is 0.675. The van der Waals surface area contributed by atoms with Gasteiger partial charge in [-0.15, -0.1) is 0 Å². The van der Waals surface area contributed by atoms with Gasteiger partial charge in [0.1, 0.15) is 0 Å². The maximum absolute atomic E-state index is 5.41. The summed E-state index contributed by atoms with van der Waals surface area (Å²) in [6.45, 7) is 10.7. The van der Waals surface area contributed by atoms with E-state index in [0.29, 0.717) is 5.41 Å². The summed E-state index contributed by atoms with van der Waals surface area (Å²) in [4.78, 5) is 2.49. The first-order valence-electron chi connectivity index (χ1n) is 6.29. The average molecular weight is 221 g/mol. The van der Waals surface area contributed by atoms with Crippen LogP contribution < -0.4 is 0 Å². The molecular formula is C14H23NO. The lowest BCUT2D eigenvalue weighted by molar-refractivity contribution is 0.0485. The van der Waals surface area contributed by atoms with Gasteiger partial charge in [0.05, 0.1) is 13.2 Å². The Morgan fingerprint density at radius 1 is 1.25 bits per heavy atom. The van der Waals surface area contributed by atoms with Crippen LogP contribution in [0, 0.1) is 5.41 Å². The number of nitrogens with zero attached hydrogens (tertiary/aromatic N) is 1. The fourth-order valence-electron chi connectivity index (χ4n) is 2.66. The molecule has 0 N–H and O–H groups in total. The van der Waals surface area contributed by atoms with Gasteiger partial charge in [0.2, 0.25) is 0 Å². The molecule has 0 atom stereocenters. The second-order valence-electron chi connectivity index (χ2n) is 5.62. The Labute approximate surface area is 99.0 Å². The Kier molecular flexibility index (Phi) is 3.38. The highest BCUT2D eigenvalue weighted by atomic mass is 16.5. The van der Waals surface area contributed by atoms with Crippen LogP contribution >= 0.6 is 0 Å². The van der Waals surface area contributed by atoms with Gasteiger partial charge in [0.25, 0.3) is 0 Å². The van der Waals surface area contributed by atoms with Crippen molar-refractivity contribution in [1.82, 2.24) is 4.90 Å². The molecule has 0 saturated carbocycles. The van der Waals surface area contributed by atoms with E-state index in [0.717, 1.165) is 26.3 Å². The van der Waals surface area contributed by atoms with E-state index in [2.05, 4.69) is 37.8 Å². The molecule has 0 amide bonds. The first kappa shape index (κ1) is 11.7. The lowest BCUT2D eigenvalue weighted by Gasteiger charge is -2.38. The van der Waals surface area contributed by atoms with E-state index < -0.39 is 0 Å². The van der Waals surface area contributed by atoms with E-state index in [1.807, 2.05) is 0 Å². The zero-order valence-corrected chi connectivity index (χ0v) is 10.8. The number of rotatable bonds is 1. The number of hydrogen-bond donors (Lipinski definition) is 0. The third-order valence-corrected chi connectivity index (χ3v) is 3.48. The molecule has 0 aromatic heterocycles. The zero-order chi connectivity index (χ0) is 11.6. The molecule has 1 fully saturated rings. The summed E-state index contributed by atoms with van der Waals surface area (Å²) in [5.74, 6) is 0. The van der Waals surface area contributed by atoms with Crippen LogP contribution in [0.1, 0.15) is 33.6 Å². The summed E-state index contributed by atoms with van der Waals surface area (Å²) in [6.07, 6.45) is 7.04. The normalized spacial score (nSPS) is 28.1. The Balaban J connectivity index is 2.15. The van der Waals surface area contributed by atoms with Crippen LogP contribution in [-0.4, -0.2) is 31.2 Å². The van der Waals surface area contributed by atoms with Crippen molar-refractivity contribution in [2.24, 2.45) is 5.41 Å². The first-order valence-corrected chi connectivity index (χ1v) is 6.29. The van der Waals surface area contributed by atoms with Gasteiger partial charge in [-0.1, -0.05) is 25.5 Å². The van der Waals surface area contributed by atoms with Crippen molar-refractivity contribution in [1.29, 1.82) is 0 Å². The van der Waals surface area contributed by atoms with Crippen LogP contribution in [0.3, 0.4) is 0 Å². The monoisotopic (exact) mass is 221 g/mol. The van der Waals surface area contributed by atoms with Crippen molar-refractivity contribution in [2.75, 3.05) is 26.3 Å². The topological polar surface area (TPSA) is 12.5 Å². The molecule has 2 aliphatic rings. The molecule has 90 valence electrons. The van der Waals surface area contributed by atoms with Crippen LogP contribution in [0.4, 0.5) is 0 Å². The Morgan fingerprint density at radius 2 is 1.94 bits per heavy atom. The van der Waals surface area contributed by atoms with E-state index in [9.17, 15) is 0 Å². The van der Waals surface area contributed by atoms with Crippen molar-refractivity contribution in [3.05, 3.63) is 23.4 Å². The molecular weight excluding hydrogens is 198 g/mol. The minimum atomic E-state index is 0.407. The largest absolute Gasteiger partial charge is 0.378 e. The minimum absolute atomic E-state index is 0.407. The lowest BCUT2D eigenvalue weighted by atomic mass is 9.77. The van der Waals surface area contributed by atoms with Gasteiger partial charge < -0.3 is 9.64 Å². The number of ether oxygens (including phenoxy) is 1. The number of morpholine rings is 1. The Hall–Kier alpha value is -0.760. The van der Waals surface area contributed by atoms with Gasteiger partial charge in [-0.2, -0.15) is 0 Å². The minimum Gasteiger partial charge on any atom is -0.378 e. The van der Waals surface area contributed by atoms with Gasteiger partial charge in [0.15, 0.2) is 0 Å². The second kappa shape index (κ2) is 4.62. The molecule has 0 bridgehead atoms. The van der Waals surface area contributed by atoms with Crippen molar-refractivity contribution in [2.45, 2.75) is 33.6 Å². The van der Waals surface area contributed by atoms with E-state index in [1.54, 1.807) is 0 Å². The molecule has 0 aromatic carbocycles. The van der Waals surface area contributed by atoms with Crippen molar-refractivity contribution in [3.63, 3.8) is 0 Å². The Bertz CT molecular complexity index is 309. The number of allylic oxidation sites excluding steroid dienone is 4. The van der Waals surface area contributed by atoms with E-state index in [-0.39, 0.29) is 0 Å². The van der Waals surface area contributed by atoms with Crippen LogP contribution in [0.2, 0.25) is 0 Å². The van der Waals surface area contributed by atoms with Crippen LogP contribution in [0.25, 0.3) is 0 Å². The van der Waals surface area contributed by atoms with Crippen LogP contribution in [0.5, 0.6) is 0 Å². The van der Waals surface area contributed by atoms with Gasteiger partial charge in [-0.25, -0.2) is 0 Å². The van der Waals surface area contributed by atoms with E-state index in [4.69, 9.17) is 4.74 Å². The van der Waals surface area contributed by atoms with Crippen molar-refractivity contribution >= 4 is 0 Å². The summed E-state index contributed by atoms with van der Waals surface area (Å²) >= 11 is 0. The molecule has 0 aromatic rings. The standard InChI is InChI=1S/C14H23NO/c1-4-12-9-13(11-14(2,3)10-12)15-5-7-16-8-6-15/h4,9H,5-8,10-11H2,1-3H3/b12-4+.